The Morgan fingerprint density at radius 3 is 2.65 bits per heavy atom. The van der Waals surface area contributed by atoms with Crippen LogP contribution in [0.4, 0.5) is 5.82 Å². The highest BCUT2D eigenvalue weighted by atomic mass is 16.1. The van der Waals surface area contributed by atoms with E-state index in [1.165, 1.54) is 12.8 Å². The number of carbonyl (C=O) groups excluding carboxylic acids is 1. The summed E-state index contributed by atoms with van der Waals surface area (Å²) in [6.45, 7) is 3.68. The van der Waals surface area contributed by atoms with E-state index in [1.807, 2.05) is 14.1 Å². The van der Waals surface area contributed by atoms with Gasteiger partial charge in [-0.25, -0.2) is 9.97 Å². The number of amides is 1. The molecule has 1 N–H and O–H groups in total. The highest BCUT2D eigenvalue weighted by Gasteiger charge is 2.14. The van der Waals surface area contributed by atoms with Gasteiger partial charge >= 0.3 is 0 Å². The first-order valence-corrected chi connectivity index (χ1v) is 7.17. The number of aromatic nitrogens is 2. The van der Waals surface area contributed by atoms with Crippen LogP contribution in [0.25, 0.3) is 0 Å². The molecule has 0 saturated carbocycles. The lowest BCUT2D eigenvalue weighted by atomic mass is 10.3. The molecule has 0 radical (unpaired) electrons. The van der Waals surface area contributed by atoms with Gasteiger partial charge in [0.25, 0.3) is 5.91 Å². The van der Waals surface area contributed by atoms with E-state index in [4.69, 9.17) is 0 Å². The summed E-state index contributed by atoms with van der Waals surface area (Å²) in [6, 6.07) is 0. The van der Waals surface area contributed by atoms with Gasteiger partial charge in [-0.3, -0.25) is 4.79 Å². The van der Waals surface area contributed by atoms with Crippen LogP contribution in [0, 0.1) is 0 Å². The maximum absolute atomic E-state index is 11.9. The van der Waals surface area contributed by atoms with E-state index in [0.29, 0.717) is 12.2 Å². The van der Waals surface area contributed by atoms with E-state index in [0.717, 1.165) is 31.9 Å². The molecule has 20 heavy (non-hydrogen) atoms. The number of hydrogen-bond donors (Lipinski definition) is 1. The first kappa shape index (κ1) is 14.7. The van der Waals surface area contributed by atoms with Gasteiger partial charge in [0.1, 0.15) is 11.5 Å². The van der Waals surface area contributed by atoms with Crippen LogP contribution in [-0.2, 0) is 0 Å². The summed E-state index contributed by atoms with van der Waals surface area (Å²) in [7, 11) is 4.04. The van der Waals surface area contributed by atoms with Crippen molar-refractivity contribution in [1.29, 1.82) is 0 Å². The molecule has 6 heteroatoms. The minimum absolute atomic E-state index is 0.149. The molecule has 0 unspecified atom stereocenters. The molecule has 1 aromatic heterocycles. The summed E-state index contributed by atoms with van der Waals surface area (Å²) in [5, 5.41) is 2.86. The van der Waals surface area contributed by atoms with Crippen molar-refractivity contribution in [2.24, 2.45) is 0 Å². The van der Waals surface area contributed by atoms with Crippen molar-refractivity contribution in [3.8, 4) is 0 Å². The summed E-state index contributed by atoms with van der Waals surface area (Å²) >= 11 is 0. The number of anilines is 1. The maximum Gasteiger partial charge on any atom is 0.271 e. The lowest BCUT2D eigenvalue weighted by Gasteiger charge is -2.15. The smallest absolute Gasteiger partial charge is 0.271 e. The van der Waals surface area contributed by atoms with Crippen LogP contribution in [0.2, 0.25) is 0 Å². The molecular weight excluding hydrogens is 254 g/mol. The topological polar surface area (TPSA) is 61.4 Å². The molecule has 0 aromatic carbocycles. The fourth-order valence-corrected chi connectivity index (χ4v) is 2.24. The third-order valence-electron chi connectivity index (χ3n) is 3.37. The third kappa shape index (κ3) is 4.16. The molecule has 0 aliphatic carbocycles. The van der Waals surface area contributed by atoms with E-state index in [-0.39, 0.29) is 5.91 Å². The zero-order valence-electron chi connectivity index (χ0n) is 12.3. The normalized spacial score (nSPS) is 14.8. The van der Waals surface area contributed by atoms with Gasteiger partial charge in [-0.2, -0.15) is 0 Å². The Balaban J connectivity index is 1.81. The van der Waals surface area contributed by atoms with Crippen LogP contribution in [-0.4, -0.2) is 61.0 Å². The number of nitrogens with one attached hydrogen (secondary N) is 1. The Bertz CT molecular complexity index is 426. The largest absolute Gasteiger partial charge is 0.355 e. The van der Waals surface area contributed by atoms with Crippen LogP contribution < -0.4 is 10.2 Å². The van der Waals surface area contributed by atoms with Crippen molar-refractivity contribution in [2.45, 2.75) is 19.3 Å². The number of nitrogens with zero attached hydrogens (tertiary/aromatic N) is 4. The van der Waals surface area contributed by atoms with Gasteiger partial charge in [-0.1, -0.05) is 0 Å². The van der Waals surface area contributed by atoms with Gasteiger partial charge in [0, 0.05) is 19.6 Å². The van der Waals surface area contributed by atoms with Gasteiger partial charge in [-0.15, -0.1) is 0 Å². The lowest BCUT2D eigenvalue weighted by molar-refractivity contribution is 0.0947. The second-order valence-corrected chi connectivity index (χ2v) is 5.37. The molecule has 0 atom stereocenters. The monoisotopic (exact) mass is 277 g/mol. The lowest BCUT2D eigenvalue weighted by Crippen LogP contribution is -2.28. The number of rotatable bonds is 6. The average molecular weight is 277 g/mol. The molecule has 0 bridgehead atoms. The van der Waals surface area contributed by atoms with Crippen LogP contribution in [0.5, 0.6) is 0 Å². The first-order valence-electron chi connectivity index (χ1n) is 7.17. The van der Waals surface area contributed by atoms with Gasteiger partial charge in [0.15, 0.2) is 0 Å². The maximum atomic E-state index is 11.9. The molecule has 2 rings (SSSR count). The standard InChI is InChI=1S/C14H23N5O/c1-18(2)7-5-6-15-14(20)12-10-17-13(11-16-12)19-8-3-4-9-19/h10-11H,3-9H2,1-2H3,(H,15,20). The summed E-state index contributed by atoms with van der Waals surface area (Å²) in [5.41, 5.74) is 0.387. The minimum Gasteiger partial charge on any atom is -0.355 e. The highest BCUT2D eigenvalue weighted by Crippen LogP contribution is 2.16. The molecule has 2 heterocycles. The molecule has 1 aromatic rings. The second kappa shape index (κ2) is 7.19. The van der Waals surface area contributed by atoms with E-state index in [1.54, 1.807) is 12.4 Å². The van der Waals surface area contributed by atoms with E-state index in [9.17, 15) is 4.79 Å². The number of carbonyl (C=O) groups is 1. The number of hydrogen-bond acceptors (Lipinski definition) is 5. The fourth-order valence-electron chi connectivity index (χ4n) is 2.24. The molecule has 1 fully saturated rings. The minimum atomic E-state index is -0.149. The van der Waals surface area contributed by atoms with Crippen molar-refractivity contribution in [2.75, 3.05) is 45.2 Å². The molecule has 1 aliphatic heterocycles. The predicted octanol–water partition coefficient (Wildman–Crippen LogP) is 0.758. The summed E-state index contributed by atoms with van der Waals surface area (Å²) < 4.78 is 0. The predicted molar refractivity (Wildman–Crippen MR) is 79.0 cm³/mol. The van der Waals surface area contributed by atoms with Gasteiger partial charge in [0.2, 0.25) is 0 Å². The van der Waals surface area contributed by atoms with Crippen LogP contribution in [0.3, 0.4) is 0 Å². The second-order valence-electron chi connectivity index (χ2n) is 5.37. The Labute approximate surface area is 120 Å². The fraction of sp³-hybridized carbons (Fsp3) is 0.643. The Kier molecular flexibility index (Phi) is 5.29. The van der Waals surface area contributed by atoms with Crippen LogP contribution >= 0.6 is 0 Å². The first-order chi connectivity index (χ1) is 9.66. The van der Waals surface area contributed by atoms with E-state index in [2.05, 4.69) is 25.1 Å². The summed E-state index contributed by atoms with van der Waals surface area (Å²) in [6.07, 6.45) is 6.60. The molecule has 0 spiro atoms. The highest BCUT2D eigenvalue weighted by molar-refractivity contribution is 5.91. The molecule has 1 amide bonds. The van der Waals surface area contributed by atoms with E-state index < -0.39 is 0 Å². The average Bonchev–Trinajstić information content (AvgIpc) is 2.97. The van der Waals surface area contributed by atoms with Crippen molar-refractivity contribution in [3.63, 3.8) is 0 Å². The van der Waals surface area contributed by atoms with Crippen molar-refractivity contribution < 1.29 is 4.79 Å². The summed E-state index contributed by atoms with van der Waals surface area (Å²) in [4.78, 5) is 24.7. The van der Waals surface area contributed by atoms with E-state index >= 15 is 0 Å². The molecule has 1 saturated heterocycles. The van der Waals surface area contributed by atoms with Crippen LogP contribution in [0.15, 0.2) is 12.4 Å². The van der Waals surface area contributed by atoms with Crippen molar-refractivity contribution in [3.05, 3.63) is 18.1 Å². The Morgan fingerprint density at radius 1 is 1.30 bits per heavy atom. The summed E-state index contributed by atoms with van der Waals surface area (Å²) in [5.74, 6) is 0.718. The molecule has 6 nitrogen and oxygen atoms in total. The van der Waals surface area contributed by atoms with Gasteiger partial charge in [-0.05, 0) is 39.9 Å². The van der Waals surface area contributed by atoms with Crippen LogP contribution in [0.1, 0.15) is 29.8 Å². The van der Waals surface area contributed by atoms with Gasteiger partial charge < -0.3 is 15.1 Å². The Morgan fingerprint density at radius 2 is 2.05 bits per heavy atom. The molecule has 110 valence electrons. The SMILES string of the molecule is CN(C)CCCNC(=O)c1cnc(N2CCCC2)cn1. The zero-order valence-corrected chi connectivity index (χ0v) is 12.3. The van der Waals surface area contributed by atoms with Crippen molar-refractivity contribution >= 4 is 11.7 Å². The zero-order chi connectivity index (χ0) is 14.4. The quantitative estimate of drug-likeness (QED) is 0.778. The molecule has 1 aliphatic rings. The third-order valence-corrected chi connectivity index (χ3v) is 3.37. The molecular formula is C14H23N5O. The van der Waals surface area contributed by atoms with Crippen molar-refractivity contribution in [1.82, 2.24) is 20.2 Å². The van der Waals surface area contributed by atoms with Gasteiger partial charge in [0.05, 0.1) is 12.4 Å². The Hall–Kier alpha value is -1.69.